The van der Waals surface area contributed by atoms with E-state index in [0.29, 0.717) is 19.8 Å². The van der Waals surface area contributed by atoms with Gasteiger partial charge in [-0.15, -0.1) is 0 Å². The van der Waals surface area contributed by atoms with Gasteiger partial charge in [0.15, 0.2) is 0 Å². The molecule has 0 bridgehead atoms. The number of rotatable bonds is 6. The van der Waals surface area contributed by atoms with Crippen LogP contribution in [0.25, 0.3) is 0 Å². The van der Waals surface area contributed by atoms with E-state index in [2.05, 4.69) is 15.6 Å². The minimum absolute atomic E-state index is 0.00787. The molecule has 1 aliphatic carbocycles. The zero-order chi connectivity index (χ0) is 17.5. The van der Waals surface area contributed by atoms with Crippen molar-refractivity contribution in [3.63, 3.8) is 0 Å². The number of carbonyl (C=O) groups is 2. The van der Waals surface area contributed by atoms with E-state index in [0.717, 1.165) is 44.1 Å². The fourth-order valence-electron chi connectivity index (χ4n) is 3.58. The summed E-state index contributed by atoms with van der Waals surface area (Å²) >= 11 is 0. The van der Waals surface area contributed by atoms with Gasteiger partial charge in [-0.2, -0.15) is 0 Å². The summed E-state index contributed by atoms with van der Waals surface area (Å²) in [4.78, 5) is 28.5. The maximum Gasteiger partial charge on any atom is 0.225 e. The Balaban J connectivity index is 1.33. The Hall–Kier alpha value is -1.95. The van der Waals surface area contributed by atoms with E-state index in [-0.39, 0.29) is 29.7 Å². The Bertz CT molecular complexity index is 565. The van der Waals surface area contributed by atoms with Crippen molar-refractivity contribution in [2.45, 2.75) is 44.6 Å². The molecule has 2 amide bonds. The molecule has 1 aromatic heterocycles. The summed E-state index contributed by atoms with van der Waals surface area (Å²) in [5, 5.41) is 6.16. The molecule has 0 radical (unpaired) electrons. The van der Waals surface area contributed by atoms with Gasteiger partial charge in [0.25, 0.3) is 0 Å². The summed E-state index contributed by atoms with van der Waals surface area (Å²) < 4.78 is 5.27. The zero-order valence-corrected chi connectivity index (χ0v) is 14.6. The standard InChI is InChI=1S/C19H27N3O3/c23-18(21-10-7-14-2-1-9-20-12-14)15-3-5-17(6-4-15)22-19(24)16-8-11-25-13-16/h1-2,9,12,15-17H,3-8,10-11,13H2,(H,21,23)(H,22,24). The maximum atomic E-state index is 12.3. The van der Waals surface area contributed by atoms with Crippen LogP contribution in [-0.2, 0) is 20.7 Å². The van der Waals surface area contributed by atoms with E-state index < -0.39 is 0 Å². The van der Waals surface area contributed by atoms with E-state index in [4.69, 9.17) is 4.74 Å². The number of carbonyl (C=O) groups excluding carboxylic acids is 2. The lowest BCUT2D eigenvalue weighted by Gasteiger charge is -2.29. The van der Waals surface area contributed by atoms with Gasteiger partial charge in [0, 0.05) is 37.5 Å². The first kappa shape index (κ1) is 17.9. The average Bonchev–Trinajstić information content (AvgIpc) is 3.18. The molecule has 1 saturated heterocycles. The summed E-state index contributed by atoms with van der Waals surface area (Å²) in [5.41, 5.74) is 1.13. The number of pyridine rings is 1. The van der Waals surface area contributed by atoms with Gasteiger partial charge in [0.2, 0.25) is 11.8 Å². The van der Waals surface area contributed by atoms with Crippen LogP contribution in [0, 0.1) is 11.8 Å². The van der Waals surface area contributed by atoms with Crippen LogP contribution in [0.5, 0.6) is 0 Å². The van der Waals surface area contributed by atoms with Gasteiger partial charge in [-0.05, 0) is 50.2 Å². The molecule has 1 unspecified atom stereocenters. The first-order valence-corrected chi connectivity index (χ1v) is 9.27. The van der Waals surface area contributed by atoms with Crippen molar-refractivity contribution in [1.29, 1.82) is 0 Å². The van der Waals surface area contributed by atoms with Crippen molar-refractivity contribution < 1.29 is 14.3 Å². The molecule has 0 aromatic carbocycles. The van der Waals surface area contributed by atoms with Gasteiger partial charge in [0.1, 0.15) is 0 Å². The van der Waals surface area contributed by atoms with Crippen LogP contribution in [-0.4, -0.2) is 42.6 Å². The highest BCUT2D eigenvalue weighted by Crippen LogP contribution is 2.25. The second-order valence-electron chi connectivity index (χ2n) is 7.02. The average molecular weight is 345 g/mol. The summed E-state index contributed by atoms with van der Waals surface area (Å²) in [6, 6.07) is 4.12. The van der Waals surface area contributed by atoms with Gasteiger partial charge in [0.05, 0.1) is 12.5 Å². The van der Waals surface area contributed by atoms with Gasteiger partial charge >= 0.3 is 0 Å². The first-order valence-electron chi connectivity index (χ1n) is 9.27. The molecule has 2 N–H and O–H groups in total. The smallest absolute Gasteiger partial charge is 0.225 e. The molecule has 6 heteroatoms. The number of hydrogen-bond acceptors (Lipinski definition) is 4. The van der Waals surface area contributed by atoms with Crippen molar-refractivity contribution in [3.05, 3.63) is 30.1 Å². The van der Waals surface area contributed by atoms with Crippen LogP contribution in [0.4, 0.5) is 0 Å². The molecule has 1 saturated carbocycles. The Morgan fingerprint density at radius 1 is 1.12 bits per heavy atom. The second-order valence-corrected chi connectivity index (χ2v) is 7.02. The molecule has 1 atom stereocenters. The third-order valence-electron chi connectivity index (χ3n) is 5.18. The molecule has 6 nitrogen and oxygen atoms in total. The highest BCUT2D eigenvalue weighted by molar-refractivity contribution is 5.80. The van der Waals surface area contributed by atoms with Crippen LogP contribution >= 0.6 is 0 Å². The lowest BCUT2D eigenvalue weighted by molar-refractivity contribution is -0.126. The summed E-state index contributed by atoms with van der Waals surface area (Å²) in [5.74, 6) is 0.324. The zero-order valence-electron chi connectivity index (χ0n) is 14.6. The molecule has 1 aromatic rings. The van der Waals surface area contributed by atoms with E-state index in [1.807, 2.05) is 18.3 Å². The Morgan fingerprint density at radius 2 is 1.96 bits per heavy atom. The number of ether oxygens (including phenoxy) is 1. The van der Waals surface area contributed by atoms with Crippen LogP contribution in [0.2, 0.25) is 0 Å². The molecule has 2 heterocycles. The monoisotopic (exact) mass is 345 g/mol. The van der Waals surface area contributed by atoms with E-state index in [9.17, 15) is 9.59 Å². The van der Waals surface area contributed by atoms with Gasteiger partial charge in [-0.3, -0.25) is 14.6 Å². The molecule has 0 spiro atoms. The van der Waals surface area contributed by atoms with Crippen LogP contribution < -0.4 is 10.6 Å². The topological polar surface area (TPSA) is 80.3 Å². The minimum atomic E-state index is 0.00787. The lowest BCUT2D eigenvalue weighted by atomic mass is 9.85. The molecule has 136 valence electrons. The lowest BCUT2D eigenvalue weighted by Crippen LogP contribution is -2.43. The molecular weight excluding hydrogens is 318 g/mol. The van der Waals surface area contributed by atoms with Crippen LogP contribution in [0.3, 0.4) is 0 Å². The Kier molecular flexibility index (Phi) is 6.39. The van der Waals surface area contributed by atoms with Crippen LogP contribution in [0.15, 0.2) is 24.5 Å². The molecular formula is C19H27N3O3. The van der Waals surface area contributed by atoms with Gasteiger partial charge < -0.3 is 15.4 Å². The van der Waals surface area contributed by atoms with E-state index in [1.165, 1.54) is 0 Å². The second kappa shape index (κ2) is 8.94. The molecule has 2 aliphatic rings. The third kappa shape index (κ3) is 5.26. The van der Waals surface area contributed by atoms with Crippen molar-refractivity contribution in [2.24, 2.45) is 11.8 Å². The number of nitrogens with zero attached hydrogens (tertiary/aromatic N) is 1. The highest BCUT2D eigenvalue weighted by Gasteiger charge is 2.29. The molecule has 2 fully saturated rings. The Labute approximate surface area is 148 Å². The number of amides is 2. The van der Waals surface area contributed by atoms with Crippen molar-refractivity contribution in [2.75, 3.05) is 19.8 Å². The van der Waals surface area contributed by atoms with E-state index in [1.54, 1.807) is 6.20 Å². The number of nitrogens with one attached hydrogen (secondary N) is 2. The Morgan fingerprint density at radius 3 is 2.64 bits per heavy atom. The fourth-order valence-corrected chi connectivity index (χ4v) is 3.58. The summed E-state index contributed by atoms with van der Waals surface area (Å²) in [7, 11) is 0. The predicted octanol–water partition coefficient (Wildman–Crippen LogP) is 1.45. The molecule has 3 rings (SSSR count). The molecule has 25 heavy (non-hydrogen) atoms. The van der Waals surface area contributed by atoms with Crippen molar-refractivity contribution in [3.8, 4) is 0 Å². The SMILES string of the molecule is O=C(NCCc1cccnc1)C1CCC(NC(=O)C2CCOC2)CC1. The highest BCUT2D eigenvalue weighted by atomic mass is 16.5. The summed E-state index contributed by atoms with van der Waals surface area (Å²) in [6.07, 6.45) is 8.62. The predicted molar refractivity (Wildman–Crippen MR) is 93.8 cm³/mol. The minimum Gasteiger partial charge on any atom is -0.381 e. The van der Waals surface area contributed by atoms with Gasteiger partial charge in [-0.1, -0.05) is 6.07 Å². The number of hydrogen-bond donors (Lipinski definition) is 2. The van der Waals surface area contributed by atoms with E-state index >= 15 is 0 Å². The molecule has 1 aliphatic heterocycles. The van der Waals surface area contributed by atoms with Crippen LogP contribution in [0.1, 0.15) is 37.7 Å². The largest absolute Gasteiger partial charge is 0.381 e. The quantitative estimate of drug-likeness (QED) is 0.818. The maximum absolute atomic E-state index is 12.3. The number of aromatic nitrogens is 1. The van der Waals surface area contributed by atoms with Gasteiger partial charge in [-0.25, -0.2) is 0 Å². The van der Waals surface area contributed by atoms with Crippen molar-refractivity contribution >= 4 is 11.8 Å². The first-order chi connectivity index (χ1) is 12.2. The third-order valence-corrected chi connectivity index (χ3v) is 5.18. The summed E-state index contributed by atoms with van der Waals surface area (Å²) in [6.45, 7) is 1.87. The fraction of sp³-hybridized carbons (Fsp3) is 0.632. The van der Waals surface area contributed by atoms with Crippen molar-refractivity contribution in [1.82, 2.24) is 15.6 Å². The normalized spacial score (nSPS) is 26.2.